The van der Waals surface area contributed by atoms with Crippen LogP contribution in [0.25, 0.3) is 0 Å². The van der Waals surface area contributed by atoms with Crippen molar-refractivity contribution in [3.05, 3.63) is 52.5 Å². The Morgan fingerprint density at radius 1 is 1.00 bits per heavy atom. The van der Waals surface area contributed by atoms with Gasteiger partial charge in [-0.1, -0.05) is 23.7 Å². The summed E-state index contributed by atoms with van der Waals surface area (Å²) in [5, 5.41) is 3.57. The van der Waals surface area contributed by atoms with Gasteiger partial charge in [0.2, 0.25) is 5.75 Å². The van der Waals surface area contributed by atoms with E-state index >= 15 is 0 Å². The van der Waals surface area contributed by atoms with Crippen LogP contribution in [0.1, 0.15) is 15.9 Å². The van der Waals surface area contributed by atoms with Crippen LogP contribution in [0.2, 0.25) is 5.02 Å². The Bertz CT molecular complexity index is 676. The first-order valence-electron chi connectivity index (χ1n) is 7.41. The molecule has 0 atom stereocenters. The first-order chi connectivity index (χ1) is 11.6. The highest BCUT2D eigenvalue weighted by atomic mass is 35.5. The van der Waals surface area contributed by atoms with E-state index < -0.39 is 0 Å². The summed E-state index contributed by atoms with van der Waals surface area (Å²) in [5.41, 5.74) is 1.55. The van der Waals surface area contributed by atoms with E-state index in [-0.39, 0.29) is 5.91 Å². The van der Waals surface area contributed by atoms with Gasteiger partial charge in [0.25, 0.3) is 5.91 Å². The van der Waals surface area contributed by atoms with E-state index in [0.717, 1.165) is 5.56 Å². The summed E-state index contributed by atoms with van der Waals surface area (Å²) in [6.45, 7) is 0.511. The van der Waals surface area contributed by atoms with Crippen LogP contribution in [0.4, 0.5) is 0 Å². The molecule has 2 aromatic carbocycles. The summed E-state index contributed by atoms with van der Waals surface area (Å²) in [4.78, 5) is 12.3. The first-order valence-corrected chi connectivity index (χ1v) is 7.79. The van der Waals surface area contributed by atoms with Crippen molar-refractivity contribution in [3.8, 4) is 17.2 Å². The molecule has 0 spiro atoms. The number of rotatable bonds is 7. The van der Waals surface area contributed by atoms with Gasteiger partial charge in [-0.15, -0.1) is 0 Å². The van der Waals surface area contributed by atoms with E-state index in [1.54, 1.807) is 12.1 Å². The van der Waals surface area contributed by atoms with Crippen molar-refractivity contribution in [1.82, 2.24) is 5.32 Å². The summed E-state index contributed by atoms with van der Waals surface area (Å²) in [5.74, 6) is 1.14. The fourth-order valence-corrected chi connectivity index (χ4v) is 2.41. The van der Waals surface area contributed by atoms with Crippen LogP contribution in [-0.4, -0.2) is 33.8 Å². The van der Waals surface area contributed by atoms with Gasteiger partial charge in [-0.2, -0.15) is 0 Å². The molecule has 128 valence electrons. The van der Waals surface area contributed by atoms with E-state index in [0.29, 0.717) is 40.8 Å². The molecule has 1 amide bonds. The first kappa shape index (κ1) is 17.9. The van der Waals surface area contributed by atoms with Gasteiger partial charge in [-0.25, -0.2) is 0 Å². The zero-order valence-corrected chi connectivity index (χ0v) is 14.6. The molecule has 2 rings (SSSR count). The molecule has 0 saturated carbocycles. The van der Waals surface area contributed by atoms with Crippen LogP contribution in [0.3, 0.4) is 0 Å². The summed E-state index contributed by atoms with van der Waals surface area (Å²) in [6, 6.07) is 10.8. The number of carbonyl (C=O) groups excluding carboxylic acids is 1. The van der Waals surface area contributed by atoms with Gasteiger partial charge in [0.05, 0.1) is 21.3 Å². The van der Waals surface area contributed by atoms with Crippen LogP contribution in [0, 0.1) is 0 Å². The standard InChI is InChI=1S/C18H20ClNO4/c1-22-15-10-13(11-16(23-2)17(15)24-3)18(21)20-9-8-12-4-6-14(19)7-5-12/h4-7,10-11H,8-9H2,1-3H3,(H,20,21). The predicted octanol–water partition coefficient (Wildman–Crippen LogP) is 3.34. The van der Waals surface area contributed by atoms with Crippen LogP contribution in [0.15, 0.2) is 36.4 Å². The number of nitrogens with one attached hydrogen (secondary N) is 1. The topological polar surface area (TPSA) is 56.8 Å². The van der Waals surface area contributed by atoms with Gasteiger partial charge in [-0.05, 0) is 36.2 Å². The molecular formula is C18H20ClNO4. The summed E-state index contributed by atoms with van der Waals surface area (Å²) in [6.07, 6.45) is 0.716. The number of benzene rings is 2. The zero-order valence-electron chi connectivity index (χ0n) is 13.9. The Labute approximate surface area is 146 Å². The lowest BCUT2D eigenvalue weighted by molar-refractivity contribution is 0.0953. The average Bonchev–Trinajstić information content (AvgIpc) is 2.61. The Balaban J connectivity index is 2.05. The van der Waals surface area contributed by atoms with Gasteiger partial charge in [0, 0.05) is 17.1 Å². The molecule has 2 aromatic rings. The van der Waals surface area contributed by atoms with Crippen molar-refractivity contribution in [1.29, 1.82) is 0 Å². The summed E-state index contributed by atoms with van der Waals surface area (Å²) >= 11 is 5.85. The van der Waals surface area contributed by atoms with Crippen LogP contribution >= 0.6 is 11.6 Å². The van der Waals surface area contributed by atoms with Crippen LogP contribution in [0.5, 0.6) is 17.2 Å². The van der Waals surface area contributed by atoms with Crippen molar-refractivity contribution in [2.24, 2.45) is 0 Å². The third-order valence-electron chi connectivity index (χ3n) is 3.54. The lowest BCUT2D eigenvalue weighted by Crippen LogP contribution is -2.25. The second-order valence-electron chi connectivity index (χ2n) is 5.05. The number of ether oxygens (including phenoxy) is 3. The van der Waals surface area contributed by atoms with E-state index in [9.17, 15) is 4.79 Å². The van der Waals surface area contributed by atoms with Gasteiger partial charge in [0.15, 0.2) is 11.5 Å². The maximum Gasteiger partial charge on any atom is 0.251 e. The fourth-order valence-electron chi connectivity index (χ4n) is 2.29. The lowest BCUT2D eigenvalue weighted by atomic mass is 10.1. The van der Waals surface area contributed by atoms with E-state index in [1.807, 2.05) is 24.3 Å². The van der Waals surface area contributed by atoms with Gasteiger partial charge >= 0.3 is 0 Å². The number of amides is 1. The number of carbonyl (C=O) groups is 1. The maximum atomic E-state index is 12.3. The largest absolute Gasteiger partial charge is 0.493 e. The quantitative estimate of drug-likeness (QED) is 0.833. The fraction of sp³-hybridized carbons (Fsp3) is 0.278. The van der Waals surface area contributed by atoms with Crippen LogP contribution < -0.4 is 19.5 Å². The zero-order chi connectivity index (χ0) is 17.5. The van der Waals surface area contributed by atoms with Crippen molar-refractivity contribution in [2.45, 2.75) is 6.42 Å². The molecule has 24 heavy (non-hydrogen) atoms. The summed E-state index contributed by atoms with van der Waals surface area (Å²) in [7, 11) is 4.55. The molecule has 0 saturated heterocycles. The Morgan fingerprint density at radius 2 is 1.58 bits per heavy atom. The molecule has 0 aliphatic rings. The SMILES string of the molecule is COc1cc(C(=O)NCCc2ccc(Cl)cc2)cc(OC)c1OC. The Morgan fingerprint density at radius 3 is 2.08 bits per heavy atom. The third-order valence-corrected chi connectivity index (χ3v) is 3.79. The van der Waals surface area contributed by atoms with Crippen molar-refractivity contribution < 1.29 is 19.0 Å². The van der Waals surface area contributed by atoms with E-state index in [1.165, 1.54) is 21.3 Å². The Kier molecular flexibility index (Phi) is 6.32. The molecular weight excluding hydrogens is 330 g/mol. The van der Waals surface area contributed by atoms with Crippen LogP contribution in [-0.2, 0) is 6.42 Å². The monoisotopic (exact) mass is 349 g/mol. The molecule has 0 unspecified atom stereocenters. The molecule has 1 N–H and O–H groups in total. The molecule has 6 heteroatoms. The molecule has 0 aliphatic heterocycles. The molecule has 0 radical (unpaired) electrons. The minimum Gasteiger partial charge on any atom is -0.493 e. The van der Waals surface area contributed by atoms with Crippen molar-refractivity contribution in [2.75, 3.05) is 27.9 Å². The highest BCUT2D eigenvalue weighted by Crippen LogP contribution is 2.38. The predicted molar refractivity (Wildman–Crippen MR) is 93.6 cm³/mol. The lowest BCUT2D eigenvalue weighted by Gasteiger charge is -2.14. The van der Waals surface area contributed by atoms with Gasteiger partial charge in [-0.3, -0.25) is 4.79 Å². The molecule has 0 bridgehead atoms. The smallest absolute Gasteiger partial charge is 0.251 e. The number of methoxy groups -OCH3 is 3. The molecule has 0 fully saturated rings. The molecule has 5 nitrogen and oxygen atoms in total. The van der Waals surface area contributed by atoms with E-state index in [4.69, 9.17) is 25.8 Å². The summed E-state index contributed by atoms with van der Waals surface area (Å²) < 4.78 is 15.8. The van der Waals surface area contributed by atoms with E-state index in [2.05, 4.69) is 5.32 Å². The molecule has 0 aromatic heterocycles. The minimum atomic E-state index is -0.205. The highest BCUT2D eigenvalue weighted by Gasteiger charge is 2.16. The average molecular weight is 350 g/mol. The molecule has 0 aliphatic carbocycles. The number of halogens is 1. The number of hydrogen-bond acceptors (Lipinski definition) is 4. The van der Waals surface area contributed by atoms with Gasteiger partial charge in [0.1, 0.15) is 0 Å². The highest BCUT2D eigenvalue weighted by molar-refractivity contribution is 6.30. The number of hydrogen-bond donors (Lipinski definition) is 1. The minimum absolute atomic E-state index is 0.205. The van der Waals surface area contributed by atoms with Crippen molar-refractivity contribution >= 4 is 17.5 Å². The van der Waals surface area contributed by atoms with Crippen molar-refractivity contribution in [3.63, 3.8) is 0 Å². The van der Waals surface area contributed by atoms with Gasteiger partial charge < -0.3 is 19.5 Å². The Hall–Kier alpha value is -2.40. The second-order valence-corrected chi connectivity index (χ2v) is 5.48. The second kappa shape index (κ2) is 8.45. The maximum absolute atomic E-state index is 12.3. The molecule has 0 heterocycles. The normalized spacial score (nSPS) is 10.2. The third kappa shape index (κ3) is 4.32.